The minimum absolute atomic E-state index is 0.0896. The van der Waals surface area contributed by atoms with Gasteiger partial charge in [-0.3, -0.25) is 4.79 Å². The summed E-state index contributed by atoms with van der Waals surface area (Å²) in [5.41, 5.74) is 1.38. The fourth-order valence-electron chi connectivity index (χ4n) is 0.761. The molecule has 0 aliphatic heterocycles. The molecule has 0 aliphatic carbocycles. The number of aliphatic carboxylic acids is 1. The summed E-state index contributed by atoms with van der Waals surface area (Å²) in [6.45, 7) is 8.75. The SMILES string of the molecule is CC=C(C)C.CCCN[C@@H](CCO)C(=O)O. The number of carboxylic acids is 1. The Labute approximate surface area is 98.4 Å². The molecule has 4 nitrogen and oxygen atoms in total. The molecule has 4 heteroatoms. The molecule has 0 saturated heterocycles. The van der Waals surface area contributed by atoms with Crippen LogP contribution in [0.4, 0.5) is 0 Å². The third-order valence-electron chi connectivity index (χ3n) is 1.93. The molecule has 0 saturated carbocycles. The second-order valence-corrected chi connectivity index (χ2v) is 3.72. The van der Waals surface area contributed by atoms with Gasteiger partial charge in [-0.2, -0.15) is 0 Å². The Morgan fingerprint density at radius 2 is 1.94 bits per heavy atom. The van der Waals surface area contributed by atoms with Crippen molar-refractivity contribution in [2.75, 3.05) is 13.2 Å². The molecule has 3 N–H and O–H groups in total. The van der Waals surface area contributed by atoms with Gasteiger partial charge in [-0.25, -0.2) is 0 Å². The van der Waals surface area contributed by atoms with E-state index in [1.165, 1.54) is 5.57 Å². The van der Waals surface area contributed by atoms with Crippen LogP contribution in [0.15, 0.2) is 11.6 Å². The molecule has 1 atom stereocenters. The number of rotatable bonds is 6. The highest BCUT2D eigenvalue weighted by molar-refractivity contribution is 5.73. The Hall–Kier alpha value is -0.870. The molecular formula is C12H25NO3. The number of hydrogen-bond acceptors (Lipinski definition) is 3. The van der Waals surface area contributed by atoms with Crippen molar-refractivity contribution in [3.63, 3.8) is 0 Å². The highest BCUT2D eigenvalue weighted by atomic mass is 16.4. The van der Waals surface area contributed by atoms with Crippen molar-refractivity contribution in [1.29, 1.82) is 0 Å². The van der Waals surface area contributed by atoms with Gasteiger partial charge in [0.05, 0.1) is 0 Å². The van der Waals surface area contributed by atoms with Crippen molar-refractivity contribution < 1.29 is 15.0 Å². The van der Waals surface area contributed by atoms with Crippen LogP contribution in [0.5, 0.6) is 0 Å². The molecule has 0 aliphatic rings. The first kappa shape index (κ1) is 17.5. The van der Waals surface area contributed by atoms with Crippen LogP contribution in [0.1, 0.15) is 40.5 Å². The van der Waals surface area contributed by atoms with Crippen LogP contribution in [-0.2, 0) is 4.79 Å². The van der Waals surface area contributed by atoms with Gasteiger partial charge in [-0.05, 0) is 40.2 Å². The predicted molar refractivity (Wildman–Crippen MR) is 66.5 cm³/mol. The van der Waals surface area contributed by atoms with E-state index in [0.717, 1.165) is 6.42 Å². The van der Waals surface area contributed by atoms with Crippen LogP contribution < -0.4 is 5.32 Å². The van der Waals surface area contributed by atoms with E-state index in [0.29, 0.717) is 6.54 Å². The molecule has 0 radical (unpaired) electrons. The van der Waals surface area contributed by atoms with Crippen LogP contribution in [0, 0.1) is 0 Å². The summed E-state index contributed by atoms with van der Waals surface area (Å²) < 4.78 is 0. The third-order valence-corrected chi connectivity index (χ3v) is 1.93. The molecule has 0 bridgehead atoms. The number of carboxylic acid groups (broad SMARTS) is 1. The van der Waals surface area contributed by atoms with Crippen molar-refractivity contribution in [3.05, 3.63) is 11.6 Å². The highest BCUT2D eigenvalue weighted by Crippen LogP contribution is 1.90. The topological polar surface area (TPSA) is 69.6 Å². The van der Waals surface area contributed by atoms with Crippen LogP contribution in [0.3, 0.4) is 0 Å². The Kier molecular flexibility index (Phi) is 13.4. The second-order valence-electron chi connectivity index (χ2n) is 3.72. The summed E-state index contributed by atoms with van der Waals surface area (Å²) in [6.07, 6.45) is 3.25. The zero-order chi connectivity index (χ0) is 13.0. The lowest BCUT2D eigenvalue weighted by atomic mass is 10.2. The van der Waals surface area contributed by atoms with E-state index in [1.807, 2.05) is 13.8 Å². The maximum Gasteiger partial charge on any atom is 0.320 e. The van der Waals surface area contributed by atoms with Crippen LogP contribution in [-0.4, -0.2) is 35.4 Å². The van der Waals surface area contributed by atoms with E-state index in [-0.39, 0.29) is 13.0 Å². The number of allylic oxidation sites excluding steroid dienone is 2. The molecule has 16 heavy (non-hydrogen) atoms. The van der Waals surface area contributed by atoms with Gasteiger partial charge < -0.3 is 15.5 Å². The van der Waals surface area contributed by atoms with E-state index in [2.05, 4.69) is 25.2 Å². The molecule has 0 aromatic carbocycles. The Balaban J connectivity index is 0. The Morgan fingerprint density at radius 1 is 1.44 bits per heavy atom. The molecular weight excluding hydrogens is 206 g/mol. The molecule has 0 heterocycles. The first-order valence-corrected chi connectivity index (χ1v) is 5.66. The van der Waals surface area contributed by atoms with Crippen LogP contribution in [0.2, 0.25) is 0 Å². The van der Waals surface area contributed by atoms with E-state index in [9.17, 15) is 4.79 Å². The molecule has 0 fully saturated rings. The predicted octanol–water partition coefficient (Wildman–Crippen LogP) is 1.79. The normalized spacial score (nSPS) is 11.1. The van der Waals surface area contributed by atoms with Crippen molar-refractivity contribution >= 4 is 5.97 Å². The number of aliphatic hydroxyl groups is 1. The van der Waals surface area contributed by atoms with E-state index in [1.54, 1.807) is 0 Å². The Bertz CT molecular complexity index is 198. The highest BCUT2D eigenvalue weighted by Gasteiger charge is 2.14. The molecule has 0 amide bonds. The van der Waals surface area contributed by atoms with E-state index < -0.39 is 12.0 Å². The van der Waals surface area contributed by atoms with E-state index in [4.69, 9.17) is 10.2 Å². The molecule has 96 valence electrons. The number of nitrogens with one attached hydrogen (secondary N) is 1. The van der Waals surface area contributed by atoms with Crippen molar-refractivity contribution in [3.8, 4) is 0 Å². The van der Waals surface area contributed by atoms with Gasteiger partial charge in [0, 0.05) is 6.61 Å². The lowest BCUT2D eigenvalue weighted by molar-refractivity contribution is -0.139. The van der Waals surface area contributed by atoms with Crippen LogP contribution >= 0.6 is 0 Å². The lowest BCUT2D eigenvalue weighted by Crippen LogP contribution is -2.37. The van der Waals surface area contributed by atoms with Crippen molar-refractivity contribution in [2.24, 2.45) is 0 Å². The smallest absolute Gasteiger partial charge is 0.320 e. The fraction of sp³-hybridized carbons (Fsp3) is 0.750. The third kappa shape index (κ3) is 13.1. The van der Waals surface area contributed by atoms with Gasteiger partial charge >= 0.3 is 5.97 Å². The van der Waals surface area contributed by atoms with Gasteiger partial charge in [0.15, 0.2) is 0 Å². The molecule has 0 rings (SSSR count). The van der Waals surface area contributed by atoms with Gasteiger partial charge in [0.1, 0.15) is 6.04 Å². The van der Waals surface area contributed by atoms with Gasteiger partial charge in [0.2, 0.25) is 0 Å². The molecule has 0 spiro atoms. The largest absolute Gasteiger partial charge is 0.480 e. The maximum atomic E-state index is 10.4. The summed E-state index contributed by atoms with van der Waals surface area (Å²) in [5.74, 6) is -0.896. The van der Waals surface area contributed by atoms with Crippen molar-refractivity contribution in [1.82, 2.24) is 5.32 Å². The first-order valence-electron chi connectivity index (χ1n) is 5.66. The zero-order valence-corrected chi connectivity index (χ0v) is 10.8. The molecule has 0 aromatic rings. The summed E-state index contributed by atoms with van der Waals surface area (Å²) in [4.78, 5) is 10.4. The number of hydrogen-bond donors (Lipinski definition) is 3. The molecule has 0 aromatic heterocycles. The Morgan fingerprint density at radius 3 is 2.19 bits per heavy atom. The summed E-state index contributed by atoms with van der Waals surface area (Å²) in [6, 6.07) is -0.597. The standard InChI is InChI=1S/C7H15NO3.C5H10/c1-2-4-8-6(3-5-9)7(10)11;1-4-5(2)3/h6,8-9H,2-5H2,1H3,(H,10,11);4H,1-3H3/t6-;/m0./s1. The second kappa shape index (κ2) is 12.2. The van der Waals surface area contributed by atoms with E-state index >= 15 is 0 Å². The van der Waals surface area contributed by atoms with Crippen molar-refractivity contribution in [2.45, 2.75) is 46.6 Å². The summed E-state index contributed by atoms with van der Waals surface area (Å²) in [5, 5.41) is 19.8. The fourth-order valence-corrected chi connectivity index (χ4v) is 0.761. The number of carbonyl (C=O) groups is 1. The lowest BCUT2D eigenvalue weighted by Gasteiger charge is -2.11. The zero-order valence-electron chi connectivity index (χ0n) is 10.8. The van der Waals surface area contributed by atoms with Gasteiger partial charge in [-0.1, -0.05) is 18.6 Å². The molecule has 0 unspecified atom stereocenters. The maximum absolute atomic E-state index is 10.4. The minimum atomic E-state index is -0.896. The summed E-state index contributed by atoms with van der Waals surface area (Å²) >= 11 is 0. The monoisotopic (exact) mass is 231 g/mol. The van der Waals surface area contributed by atoms with Gasteiger partial charge in [0.25, 0.3) is 0 Å². The summed E-state index contributed by atoms with van der Waals surface area (Å²) in [7, 11) is 0. The quantitative estimate of drug-likeness (QED) is 0.610. The average Bonchev–Trinajstić information content (AvgIpc) is 2.24. The first-order chi connectivity index (χ1) is 7.49. The number of aliphatic hydroxyl groups excluding tert-OH is 1. The van der Waals surface area contributed by atoms with Crippen LogP contribution in [0.25, 0.3) is 0 Å². The minimum Gasteiger partial charge on any atom is -0.480 e. The van der Waals surface area contributed by atoms with Gasteiger partial charge in [-0.15, -0.1) is 0 Å². The average molecular weight is 231 g/mol.